The van der Waals surface area contributed by atoms with Gasteiger partial charge in [-0.25, -0.2) is 15.0 Å². The van der Waals surface area contributed by atoms with Crippen molar-refractivity contribution in [2.75, 3.05) is 12.5 Å². The van der Waals surface area contributed by atoms with Crippen LogP contribution in [0.4, 0.5) is 5.82 Å². The van der Waals surface area contributed by atoms with Gasteiger partial charge >= 0.3 is 0 Å². The van der Waals surface area contributed by atoms with Crippen LogP contribution in [0.25, 0.3) is 20.7 Å². The summed E-state index contributed by atoms with van der Waals surface area (Å²) in [6, 6.07) is 19.4. The molecule has 8 heteroatoms. The first-order chi connectivity index (χ1) is 14.7. The van der Waals surface area contributed by atoms with Gasteiger partial charge in [-0.05, 0) is 29.3 Å². The molecule has 0 aliphatic carbocycles. The van der Waals surface area contributed by atoms with Gasteiger partial charge in [-0.3, -0.25) is 10.2 Å². The van der Waals surface area contributed by atoms with E-state index >= 15 is 0 Å². The van der Waals surface area contributed by atoms with E-state index in [1.807, 2.05) is 48.5 Å². The van der Waals surface area contributed by atoms with Gasteiger partial charge in [0.25, 0.3) is 5.91 Å². The minimum atomic E-state index is -0.633. The molecule has 0 radical (unpaired) electrons. The van der Waals surface area contributed by atoms with Gasteiger partial charge in [-0.2, -0.15) is 0 Å². The highest BCUT2D eigenvalue weighted by atomic mass is 35.5. The Morgan fingerprint density at radius 3 is 2.60 bits per heavy atom. The number of aromatic nitrogens is 2. The highest BCUT2D eigenvalue weighted by Crippen LogP contribution is 2.41. The van der Waals surface area contributed by atoms with Crippen molar-refractivity contribution in [3.63, 3.8) is 0 Å². The van der Waals surface area contributed by atoms with Gasteiger partial charge in [0.1, 0.15) is 23.5 Å². The van der Waals surface area contributed by atoms with E-state index in [1.54, 1.807) is 18.4 Å². The van der Waals surface area contributed by atoms with Gasteiger partial charge in [0, 0.05) is 4.88 Å². The van der Waals surface area contributed by atoms with Crippen molar-refractivity contribution in [1.29, 1.82) is 0 Å². The molecule has 1 N–H and O–H groups in total. The second-order valence-corrected chi connectivity index (χ2v) is 8.38. The lowest BCUT2D eigenvalue weighted by molar-refractivity contribution is -0.143. The van der Waals surface area contributed by atoms with E-state index in [1.165, 1.54) is 11.3 Å². The molecule has 150 valence electrons. The molecule has 2 aromatic heterocycles. The molecule has 1 aliphatic heterocycles. The summed E-state index contributed by atoms with van der Waals surface area (Å²) in [6.07, 6.45) is 1.50. The number of methoxy groups -OCH3 is 1. The maximum atomic E-state index is 12.5. The number of β-lactam (4-membered cyclic amide) rings is 1. The Bertz CT molecular complexity index is 1210. The molecule has 1 aliphatic rings. The number of anilines is 1. The van der Waals surface area contributed by atoms with E-state index in [4.69, 9.17) is 16.3 Å². The zero-order valence-electron chi connectivity index (χ0n) is 15.9. The van der Waals surface area contributed by atoms with Crippen molar-refractivity contribution >= 4 is 44.9 Å². The molecule has 2 unspecified atom stereocenters. The average Bonchev–Trinajstić information content (AvgIpc) is 3.25. The number of hydrazine groups is 1. The Morgan fingerprint density at radius 2 is 1.87 bits per heavy atom. The van der Waals surface area contributed by atoms with Crippen molar-refractivity contribution in [1.82, 2.24) is 15.0 Å². The number of amides is 1. The van der Waals surface area contributed by atoms with E-state index in [9.17, 15) is 4.79 Å². The minimum Gasteiger partial charge on any atom is -0.497 e. The number of nitrogens with zero attached hydrogens (tertiary/aromatic N) is 3. The van der Waals surface area contributed by atoms with Crippen LogP contribution in [-0.4, -0.2) is 33.4 Å². The van der Waals surface area contributed by atoms with Gasteiger partial charge in [-0.15, -0.1) is 22.9 Å². The summed E-state index contributed by atoms with van der Waals surface area (Å²) in [5, 5.41) is 0.898. The van der Waals surface area contributed by atoms with Crippen molar-refractivity contribution in [3.05, 3.63) is 72.6 Å². The lowest BCUT2D eigenvalue weighted by Crippen LogP contribution is -2.58. The molecule has 0 spiro atoms. The van der Waals surface area contributed by atoms with Crippen LogP contribution in [0.1, 0.15) is 11.6 Å². The SMILES string of the molecule is COc1ccc(C2C(Cl)C(=O)N2Nc2ncnc3cc(-c4ccccc4)sc23)cc1. The monoisotopic (exact) mass is 436 g/mol. The number of nitrogens with one attached hydrogen (secondary N) is 1. The third-order valence-electron chi connectivity index (χ3n) is 5.08. The van der Waals surface area contributed by atoms with Crippen LogP contribution >= 0.6 is 22.9 Å². The summed E-state index contributed by atoms with van der Waals surface area (Å²) in [7, 11) is 1.62. The minimum absolute atomic E-state index is 0.191. The van der Waals surface area contributed by atoms with Crippen molar-refractivity contribution in [2.45, 2.75) is 11.4 Å². The largest absolute Gasteiger partial charge is 0.497 e. The fraction of sp³-hybridized carbons (Fsp3) is 0.136. The quantitative estimate of drug-likeness (QED) is 0.356. The van der Waals surface area contributed by atoms with E-state index in [0.717, 1.165) is 32.0 Å². The first kappa shape index (κ1) is 18.8. The van der Waals surface area contributed by atoms with Crippen LogP contribution < -0.4 is 10.2 Å². The van der Waals surface area contributed by atoms with E-state index in [2.05, 4.69) is 27.5 Å². The molecule has 0 bridgehead atoms. The zero-order chi connectivity index (χ0) is 20.7. The summed E-state index contributed by atoms with van der Waals surface area (Å²) in [5.41, 5.74) is 6.03. The molecule has 0 saturated carbocycles. The molecule has 2 aromatic carbocycles. The molecule has 4 aromatic rings. The van der Waals surface area contributed by atoms with E-state index in [0.29, 0.717) is 5.82 Å². The summed E-state index contributed by atoms with van der Waals surface area (Å²) < 4.78 is 6.10. The Labute approximate surface area is 182 Å². The Balaban J connectivity index is 1.46. The van der Waals surface area contributed by atoms with E-state index < -0.39 is 5.38 Å². The molecular formula is C22H17ClN4O2S. The first-order valence-corrected chi connectivity index (χ1v) is 10.6. The second-order valence-electron chi connectivity index (χ2n) is 6.85. The van der Waals surface area contributed by atoms with Gasteiger partial charge < -0.3 is 4.74 Å². The fourth-order valence-corrected chi connectivity index (χ4v) is 4.91. The van der Waals surface area contributed by atoms with Crippen molar-refractivity contribution in [2.24, 2.45) is 0 Å². The molecule has 1 amide bonds. The lowest BCUT2D eigenvalue weighted by Gasteiger charge is -2.44. The van der Waals surface area contributed by atoms with Crippen LogP contribution in [0.3, 0.4) is 0 Å². The molecule has 30 heavy (non-hydrogen) atoms. The third-order valence-corrected chi connectivity index (χ3v) is 6.69. The molecule has 1 saturated heterocycles. The van der Waals surface area contributed by atoms with Crippen molar-refractivity contribution in [3.8, 4) is 16.2 Å². The number of rotatable bonds is 5. The van der Waals surface area contributed by atoms with Crippen molar-refractivity contribution < 1.29 is 9.53 Å². The molecule has 1 fully saturated rings. The Hall–Kier alpha value is -3.16. The van der Waals surface area contributed by atoms with Gasteiger partial charge in [0.2, 0.25) is 0 Å². The predicted octanol–water partition coefficient (Wildman–Crippen LogP) is 4.88. The standard InChI is InChI=1S/C22H17ClN4O2S/c1-29-15-9-7-14(8-10-15)19-18(23)22(28)27(19)26-21-20-16(24-12-25-21)11-17(30-20)13-5-3-2-4-6-13/h2-12,18-19H,1H3,(H,24,25,26). The number of hydrogen-bond donors (Lipinski definition) is 1. The highest BCUT2D eigenvalue weighted by molar-refractivity contribution is 7.22. The Morgan fingerprint density at radius 1 is 1.10 bits per heavy atom. The van der Waals surface area contributed by atoms with Crippen LogP contribution in [0.5, 0.6) is 5.75 Å². The smallest absolute Gasteiger partial charge is 0.262 e. The highest BCUT2D eigenvalue weighted by Gasteiger charge is 2.48. The predicted molar refractivity (Wildman–Crippen MR) is 119 cm³/mol. The van der Waals surface area contributed by atoms with Crippen LogP contribution in [0.2, 0.25) is 0 Å². The topological polar surface area (TPSA) is 67.3 Å². The van der Waals surface area contributed by atoms with E-state index in [-0.39, 0.29) is 11.9 Å². The van der Waals surface area contributed by atoms with Gasteiger partial charge in [0.15, 0.2) is 5.82 Å². The number of thiophene rings is 1. The third kappa shape index (κ3) is 3.16. The molecule has 3 heterocycles. The number of ether oxygens (including phenoxy) is 1. The van der Waals surface area contributed by atoms with Crippen LogP contribution in [-0.2, 0) is 4.79 Å². The first-order valence-electron chi connectivity index (χ1n) is 9.33. The summed E-state index contributed by atoms with van der Waals surface area (Å²) in [6.45, 7) is 0. The Kier molecular flexibility index (Phi) is 4.77. The number of fused-ring (bicyclic) bond motifs is 1. The summed E-state index contributed by atoms with van der Waals surface area (Å²) >= 11 is 7.93. The molecular weight excluding hydrogens is 420 g/mol. The average molecular weight is 437 g/mol. The molecule has 5 rings (SSSR count). The van der Waals surface area contributed by atoms with Gasteiger partial charge in [-0.1, -0.05) is 42.5 Å². The number of benzene rings is 2. The van der Waals surface area contributed by atoms with Gasteiger partial charge in [0.05, 0.1) is 17.3 Å². The number of carbonyl (C=O) groups excluding carboxylic acids is 1. The zero-order valence-corrected chi connectivity index (χ0v) is 17.5. The lowest BCUT2D eigenvalue weighted by atomic mass is 9.95. The number of halogens is 1. The number of hydrogen-bond acceptors (Lipinski definition) is 6. The van der Waals surface area contributed by atoms with Crippen LogP contribution in [0.15, 0.2) is 67.0 Å². The summed E-state index contributed by atoms with van der Waals surface area (Å²) in [5.74, 6) is 1.14. The fourth-order valence-electron chi connectivity index (χ4n) is 3.49. The van der Waals surface area contributed by atoms with Crippen LogP contribution in [0, 0.1) is 0 Å². The maximum absolute atomic E-state index is 12.5. The summed E-state index contributed by atoms with van der Waals surface area (Å²) in [4.78, 5) is 22.4. The number of carbonyl (C=O) groups is 1. The maximum Gasteiger partial charge on any atom is 0.262 e. The second kappa shape index (κ2) is 7.59. The molecule has 6 nitrogen and oxygen atoms in total. The normalized spacial score (nSPS) is 18.3. The number of alkyl halides is 1. The molecule has 2 atom stereocenters.